The zero-order valence-electron chi connectivity index (χ0n) is 16.6. The van der Waals surface area contributed by atoms with Gasteiger partial charge in [-0.2, -0.15) is 0 Å². The fourth-order valence-corrected chi connectivity index (χ4v) is 3.80. The highest BCUT2D eigenvalue weighted by atomic mass is 35.5. The van der Waals surface area contributed by atoms with Crippen molar-refractivity contribution in [1.82, 2.24) is 24.6 Å². The summed E-state index contributed by atoms with van der Waals surface area (Å²) < 4.78 is 32.4. The van der Waals surface area contributed by atoms with Crippen LogP contribution in [0.15, 0.2) is 41.3 Å². The number of nitrogens with one attached hydrogen (secondary N) is 2. The number of benzene rings is 2. The molecule has 3 rings (SSSR count). The number of anilines is 1. The summed E-state index contributed by atoms with van der Waals surface area (Å²) in [6, 6.07) is 9.09. The number of carbonyl (C=O) groups excluding carboxylic acids is 1. The number of methoxy groups -OCH3 is 1. The number of aromatic nitrogens is 3. The van der Waals surface area contributed by atoms with Gasteiger partial charge in [0.2, 0.25) is 10.0 Å². The Kier molecular flexibility index (Phi) is 6.44. The van der Waals surface area contributed by atoms with Gasteiger partial charge in [-0.15, -0.1) is 5.10 Å². The molecule has 1 aromatic heterocycles. The molecule has 2 aromatic carbocycles. The molecule has 12 heteroatoms. The Hall–Kier alpha value is -2.89. The van der Waals surface area contributed by atoms with Crippen molar-refractivity contribution >= 4 is 44.4 Å². The van der Waals surface area contributed by atoms with Gasteiger partial charge in [0.25, 0.3) is 0 Å². The maximum absolute atomic E-state index is 12.2. The van der Waals surface area contributed by atoms with Crippen molar-refractivity contribution < 1.29 is 17.9 Å². The maximum atomic E-state index is 12.2. The number of hydrogen-bond acceptors (Lipinski definition) is 6. The van der Waals surface area contributed by atoms with Crippen LogP contribution in [0, 0.1) is 0 Å². The molecule has 0 aliphatic rings. The average Bonchev–Trinajstić information content (AvgIpc) is 3.10. The lowest BCUT2D eigenvalue weighted by Gasteiger charge is -2.12. The molecule has 160 valence electrons. The largest absolute Gasteiger partial charge is 0.495 e. The standard InChI is InChI=1S/C18H21ClN6O4S/c1-24(2)30(27,28)13-5-6-16-14(11-13)22-23-25(16)9-8-20-18(26)21-15-10-12(19)4-7-17(15)29-3/h4-7,10-11H,8-9H2,1-3H3,(H2,20,21,26). The molecule has 0 saturated heterocycles. The first-order valence-electron chi connectivity index (χ1n) is 8.86. The molecule has 30 heavy (non-hydrogen) atoms. The van der Waals surface area contributed by atoms with Crippen LogP contribution in [0.3, 0.4) is 0 Å². The molecule has 0 bridgehead atoms. The van der Waals surface area contributed by atoms with E-state index in [2.05, 4.69) is 20.9 Å². The molecule has 10 nitrogen and oxygen atoms in total. The van der Waals surface area contributed by atoms with Crippen LogP contribution < -0.4 is 15.4 Å². The fraction of sp³-hybridized carbons (Fsp3) is 0.278. The maximum Gasteiger partial charge on any atom is 0.319 e. The van der Waals surface area contributed by atoms with Gasteiger partial charge in [-0.3, -0.25) is 0 Å². The van der Waals surface area contributed by atoms with E-state index in [1.54, 1.807) is 28.9 Å². The summed E-state index contributed by atoms with van der Waals surface area (Å²) in [5.41, 5.74) is 1.56. The Morgan fingerprint density at radius 2 is 2.00 bits per heavy atom. The number of nitrogens with zero attached hydrogens (tertiary/aromatic N) is 4. The van der Waals surface area contributed by atoms with E-state index in [1.807, 2.05) is 0 Å². The van der Waals surface area contributed by atoms with Gasteiger partial charge in [0.05, 0.1) is 29.8 Å². The highest BCUT2D eigenvalue weighted by Gasteiger charge is 2.18. The third kappa shape index (κ3) is 4.64. The normalized spacial score (nSPS) is 11.6. The molecule has 0 aliphatic carbocycles. The summed E-state index contributed by atoms with van der Waals surface area (Å²) >= 11 is 5.96. The molecule has 2 N–H and O–H groups in total. The van der Waals surface area contributed by atoms with Gasteiger partial charge in [-0.1, -0.05) is 16.8 Å². The number of hydrogen-bond donors (Lipinski definition) is 2. The van der Waals surface area contributed by atoms with Crippen molar-refractivity contribution in [2.45, 2.75) is 11.4 Å². The van der Waals surface area contributed by atoms with Crippen molar-refractivity contribution in [2.24, 2.45) is 0 Å². The van der Waals surface area contributed by atoms with Crippen LogP contribution in [-0.2, 0) is 16.6 Å². The van der Waals surface area contributed by atoms with Gasteiger partial charge >= 0.3 is 6.03 Å². The van der Waals surface area contributed by atoms with E-state index in [-0.39, 0.29) is 11.4 Å². The molecule has 0 saturated carbocycles. The average molecular weight is 453 g/mol. The molecular formula is C18H21ClN6O4S. The van der Waals surface area contributed by atoms with Gasteiger partial charge in [-0.25, -0.2) is 22.2 Å². The molecule has 0 unspecified atom stereocenters. The lowest BCUT2D eigenvalue weighted by molar-refractivity contribution is 0.251. The van der Waals surface area contributed by atoms with Crippen molar-refractivity contribution in [3.05, 3.63) is 41.4 Å². The minimum atomic E-state index is -3.55. The first-order valence-corrected chi connectivity index (χ1v) is 10.7. The van der Waals surface area contributed by atoms with E-state index in [0.717, 1.165) is 4.31 Å². The molecule has 1 heterocycles. The van der Waals surface area contributed by atoms with Gasteiger partial charge in [0.1, 0.15) is 11.3 Å². The Bertz CT molecular complexity index is 1180. The topological polar surface area (TPSA) is 118 Å². The molecular weight excluding hydrogens is 432 g/mol. The molecule has 0 fully saturated rings. The molecule has 0 atom stereocenters. The van der Waals surface area contributed by atoms with Gasteiger partial charge in [-0.05, 0) is 36.4 Å². The number of fused-ring (bicyclic) bond motifs is 1. The number of urea groups is 1. The quantitative estimate of drug-likeness (QED) is 0.567. The zero-order chi connectivity index (χ0) is 21.9. The summed E-state index contributed by atoms with van der Waals surface area (Å²) in [5.74, 6) is 0.486. The fourth-order valence-electron chi connectivity index (χ4n) is 2.71. The van der Waals surface area contributed by atoms with Crippen LogP contribution in [0.2, 0.25) is 5.02 Å². The van der Waals surface area contributed by atoms with Crippen molar-refractivity contribution in [3.8, 4) is 5.75 Å². The number of halogens is 1. The molecule has 3 aromatic rings. The predicted octanol–water partition coefficient (Wildman–Crippen LogP) is 2.17. The molecule has 0 spiro atoms. The monoisotopic (exact) mass is 452 g/mol. The van der Waals surface area contributed by atoms with Gasteiger partial charge < -0.3 is 15.4 Å². The SMILES string of the molecule is COc1ccc(Cl)cc1NC(=O)NCCn1nnc2cc(S(=O)(=O)N(C)C)ccc21. The van der Waals surface area contributed by atoms with E-state index in [1.165, 1.54) is 33.3 Å². The van der Waals surface area contributed by atoms with Crippen molar-refractivity contribution in [2.75, 3.05) is 33.1 Å². The second-order valence-corrected chi connectivity index (χ2v) is 9.06. The Balaban J connectivity index is 1.64. The van der Waals surface area contributed by atoms with Crippen LogP contribution in [0.25, 0.3) is 11.0 Å². The van der Waals surface area contributed by atoms with Crippen LogP contribution in [-0.4, -0.2) is 61.5 Å². The highest BCUT2D eigenvalue weighted by molar-refractivity contribution is 7.89. The van der Waals surface area contributed by atoms with Crippen molar-refractivity contribution in [3.63, 3.8) is 0 Å². The minimum Gasteiger partial charge on any atom is -0.495 e. The summed E-state index contributed by atoms with van der Waals surface area (Å²) in [7, 11) is 0.872. The highest BCUT2D eigenvalue weighted by Crippen LogP contribution is 2.27. The lowest BCUT2D eigenvalue weighted by atomic mass is 10.3. The van der Waals surface area contributed by atoms with Gasteiger partial charge in [0.15, 0.2) is 0 Å². The molecule has 0 radical (unpaired) electrons. The summed E-state index contributed by atoms with van der Waals surface area (Å²) in [4.78, 5) is 12.3. The first kappa shape index (κ1) is 21.8. The van der Waals surface area contributed by atoms with Crippen LogP contribution in [0.5, 0.6) is 5.75 Å². The summed E-state index contributed by atoms with van der Waals surface area (Å²) in [6.07, 6.45) is 0. The second kappa shape index (κ2) is 8.86. The third-order valence-electron chi connectivity index (χ3n) is 4.28. The van der Waals surface area contributed by atoms with Crippen LogP contribution in [0.1, 0.15) is 0 Å². The first-order chi connectivity index (χ1) is 14.2. The van der Waals surface area contributed by atoms with Crippen LogP contribution in [0.4, 0.5) is 10.5 Å². The molecule has 2 amide bonds. The number of amides is 2. The van der Waals surface area contributed by atoms with E-state index >= 15 is 0 Å². The minimum absolute atomic E-state index is 0.139. The summed E-state index contributed by atoms with van der Waals surface area (Å²) in [5, 5.41) is 13.9. The Morgan fingerprint density at radius 3 is 2.70 bits per heavy atom. The lowest BCUT2D eigenvalue weighted by Crippen LogP contribution is -2.31. The number of ether oxygens (including phenoxy) is 1. The zero-order valence-corrected chi connectivity index (χ0v) is 18.2. The Morgan fingerprint density at radius 1 is 1.23 bits per heavy atom. The molecule has 0 aliphatic heterocycles. The predicted molar refractivity (Wildman–Crippen MR) is 113 cm³/mol. The second-order valence-electron chi connectivity index (χ2n) is 6.48. The van der Waals surface area contributed by atoms with Crippen molar-refractivity contribution in [1.29, 1.82) is 0 Å². The third-order valence-corrected chi connectivity index (χ3v) is 6.33. The van der Waals surface area contributed by atoms with Crippen LogP contribution >= 0.6 is 11.6 Å². The van der Waals surface area contributed by atoms with E-state index in [0.29, 0.717) is 34.0 Å². The summed E-state index contributed by atoms with van der Waals surface area (Å²) in [6.45, 7) is 0.612. The van der Waals surface area contributed by atoms with Gasteiger partial charge in [0, 0.05) is 25.7 Å². The van der Waals surface area contributed by atoms with E-state index in [9.17, 15) is 13.2 Å². The number of sulfonamides is 1. The van der Waals surface area contributed by atoms with E-state index < -0.39 is 16.1 Å². The Labute approximate surface area is 178 Å². The number of carbonyl (C=O) groups is 1. The van der Waals surface area contributed by atoms with E-state index in [4.69, 9.17) is 16.3 Å². The smallest absolute Gasteiger partial charge is 0.319 e. The number of rotatable bonds is 7.